The average Bonchev–Trinajstić information content (AvgIpc) is 2.82. The maximum absolute atomic E-state index is 12.2. The number of aliphatic hydroxyl groups is 1. The number of aromatic nitrogens is 1. The van der Waals surface area contributed by atoms with Crippen LogP contribution in [-0.4, -0.2) is 40.2 Å². The van der Waals surface area contributed by atoms with E-state index in [1.165, 1.54) is 0 Å². The molecule has 106 valence electrons. The van der Waals surface area contributed by atoms with Gasteiger partial charge in [-0.15, -0.1) is 11.3 Å². The standard InChI is InChI=1S/C13H21N3O2S/c1-3-11(12-14-9(2)8-19-12)15-13(18)16-6-4-5-10(17)7-16/h8,10-11,17H,3-7H2,1-2H3,(H,15,18). The van der Waals surface area contributed by atoms with E-state index in [0.29, 0.717) is 6.54 Å². The summed E-state index contributed by atoms with van der Waals surface area (Å²) in [5.74, 6) is 0. The molecule has 2 atom stereocenters. The van der Waals surface area contributed by atoms with Gasteiger partial charge in [0.2, 0.25) is 0 Å². The molecule has 2 N–H and O–H groups in total. The smallest absolute Gasteiger partial charge is 0.318 e. The molecule has 1 aromatic heterocycles. The molecule has 2 rings (SSSR count). The number of carbonyl (C=O) groups excluding carboxylic acids is 1. The number of nitrogens with one attached hydrogen (secondary N) is 1. The van der Waals surface area contributed by atoms with Gasteiger partial charge in [-0.05, 0) is 26.2 Å². The van der Waals surface area contributed by atoms with Crippen molar-refractivity contribution in [3.8, 4) is 0 Å². The number of amides is 2. The molecule has 0 aliphatic carbocycles. The predicted octanol–water partition coefficient (Wildman–Crippen LogP) is 2.07. The summed E-state index contributed by atoms with van der Waals surface area (Å²) in [6.45, 7) is 5.14. The van der Waals surface area contributed by atoms with Gasteiger partial charge >= 0.3 is 6.03 Å². The number of thiazole rings is 1. The summed E-state index contributed by atoms with van der Waals surface area (Å²) >= 11 is 1.58. The Bertz CT molecular complexity index is 435. The first-order valence-corrected chi connectivity index (χ1v) is 7.63. The molecule has 2 amide bonds. The molecule has 1 aliphatic rings. The summed E-state index contributed by atoms with van der Waals surface area (Å²) in [4.78, 5) is 18.3. The number of carbonyl (C=O) groups is 1. The molecule has 0 saturated carbocycles. The van der Waals surface area contributed by atoms with Crippen molar-refractivity contribution in [3.63, 3.8) is 0 Å². The van der Waals surface area contributed by atoms with E-state index < -0.39 is 0 Å². The van der Waals surface area contributed by atoms with Gasteiger partial charge in [-0.25, -0.2) is 9.78 Å². The topological polar surface area (TPSA) is 65.5 Å². The molecule has 0 spiro atoms. The highest BCUT2D eigenvalue weighted by molar-refractivity contribution is 7.09. The van der Waals surface area contributed by atoms with E-state index in [1.807, 2.05) is 19.2 Å². The van der Waals surface area contributed by atoms with E-state index in [4.69, 9.17) is 0 Å². The van der Waals surface area contributed by atoms with Crippen LogP contribution in [0.1, 0.15) is 42.9 Å². The van der Waals surface area contributed by atoms with Crippen molar-refractivity contribution < 1.29 is 9.90 Å². The lowest BCUT2D eigenvalue weighted by Crippen LogP contribution is -2.47. The number of urea groups is 1. The predicted molar refractivity (Wildman–Crippen MR) is 75.2 cm³/mol. The van der Waals surface area contributed by atoms with Crippen molar-refractivity contribution in [2.24, 2.45) is 0 Å². The fourth-order valence-electron chi connectivity index (χ4n) is 2.25. The Morgan fingerprint density at radius 3 is 3.11 bits per heavy atom. The SMILES string of the molecule is CCC(NC(=O)N1CCCC(O)C1)c1nc(C)cs1. The first kappa shape index (κ1) is 14.3. The quantitative estimate of drug-likeness (QED) is 0.892. The number of aliphatic hydroxyl groups excluding tert-OH is 1. The molecule has 2 unspecified atom stereocenters. The Hall–Kier alpha value is -1.14. The number of hydrogen-bond donors (Lipinski definition) is 2. The van der Waals surface area contributed by atoms with E-state index in [-0.39, 0.29) is 18.2 Å². The van der Waals surface area contributed by atoms with Gasteiger partial charge < -0.3 is 15.3 Å². The molecule has 19 heavy (non-hydrogen) atoms. The van der Waals surface area contributed by atoms with Crippen LogP contribution in [0.5, 0.6) is 0 Å². The van der Waals surface area contributed by atoms with Crippen LogP contribution in [0.15, 0.2) is 5.38 Å². The number of β-amino-alcohol motifs (C(OH)–C–C–N with tert-alkyl or cyclic N) is 1. The van der Waals surface area contributed by atoms with Crippen LogP contribution < -0.4 is 5.32 Å². The van der Waals surface area contributed by atoms with Gasteiger partial charge in [-0.3, -0.25) is 0 Å². The van der Waals surface area contributed by atoms with Crippen molar-refractivity contribution >= 4 is 17.4 Å². The number of nitrogens with zero attached hydrogens (tertiary/aromatic N) is 2. The number of hydrogen-bond acceptors (Lipinski definition) is 4. The lowest BCUT2D eigenvalue weighted by molar-refractivity contribution is 0.0832. The van der Waals surface area contributed by atoms with Crippen LogP contribution >= 0.6 is 11.3 Å². The highest BCUT2D eigenvalue weighted by Gasteiger charge is 2.24. The zero-order chi connectivity index (χ0) is 13.8. The van der Waals surface area contributed by atoms with E-state index in [9.17, 15) is 9.90 Å². The molecule has 2 heterocycles. The Kier molecular flexibility index (Phi) is 4.76. The molecule has 1 aromatic rings. The zero-order valence-corrected chi connectivity index (χ0v) is 12.2. The fourth-order valence-corrected chi connectivity index (χ4v) is 3.18. The largest absolute Gasteiger partial charge is 0.391 e. The summed E-state index contributed by atoms with van der Waals surface area (Å²) in [5.41, 5.74) is 0.987. The highest BCUT2D eigenvalue weighted by atomic mass is 32.1. The third-order valence-corrected chi connectivity index (χ3v) is 4.40. The molecule has 0 aromatic carbocycles. The van der Waals surface area contributed by atoms with Gasteiger partial charge in [0.1, 0.15) is 5.01 Å². The monoisotopic (exact) mass is 283 g/mol. The highest BCUT2D eigenvalue weighted by Crippen LogP contribution is 2.21. The van der Waals surface area contributed by atoms with Crippen LogP contribution in [0.2, 0.25) is 0 Å². The van der Waals surface area contributed by atoms with Gasteiger partial charge in [0.15, 0.2) is 0 Å². The summed E-state index contributed by atoms with van der Waals surface area (Å²) in [6, 6.07) is -0.135. The third kappa shape index (κ3) is 3.67. The molecular formula is C13H21N3O2S. The summed E-state index contributed by atoms with van der Waals surface area (Å²) in [5, 5.41) is 15.6. The maximum Gasteiger partial charge on any atom is 0.318 e. The van der Waals surface area contributed by atoms with Crippen molar-refractivity contribution in [1.82, 2.24) is 15.2 Å². The minimum absolute atomic E-state index is 0.0368. The van der Waals surface area contributed by atoms with Crippen molar-refractivity contribution in [3.05, 3.63) is 16.1 Å². The van der Waals surface area contributed by atoms with Crippen LogP contribution in [-0.2, 0) is 0 Å². The molecule has 5 nitrogen and oxygen atoms in total. The van der Waals surface area contributed by atoms with Crippen LogP contribution in [0.3, 0.4) is 0 Å². The van der Waals surface area contributed by atoms with E-state index in [2.05, 4.69) is 10.3 Å². The first-order valence-electron chi connectivity index (χ1n) is 6.75. The van der Waals surface area contributed by atoms with E-state index >= 15 is 0 Å². The second kappa shape index (κ2) is 6.34. The van der Waals surface area contributed by atoms with Gasteiger partial charge in [-0.2, -0.15) is 0 Å². The Balaban J connectivity index is 1.96. The fraction of sp³-hybridized carbons (Fsp3) is 0.692. The van der Waals surface area contributed by atoms with Crippen LogP contribution in [0.25, 0.3) is 0 Å². The van der Waals surface area contributed by atoms with Crippen LogP contribution in [0.4, 0.5) is 4.79 Å². The normalized spacial score (nSPS) is 21.2. The maximum atomic E-state index is 12.2. The first-order chi connectivity index (χ1) is 9.10. The average molecular weight is 283 g/mol. The van der Waals surface area contributed by atoms with E-state index in [1.54, 1.807) is 16.2 Å². The molecule has 6 heteroatoms. The van der Waals surface area contributed by atoms with E-state index in [0.717, 1.165) is 36.5 Å². The minimum atomic E-state index is -0.387. The summed E-state index contributed by atoms with van der Waals surface area (Å²) in [7, 11) is 0. The number of rotatable bonds is 3. The molecular weight excluding hydrogens is 262 g/mol. The molecule has 0 radical (unpaired) electrons. The number of aryl methyl sites for hydroxylation is 1. The van der Waals surface area contributed by atoms with Gasteiger partial charge in [-0.1, -0.05) is 6.92 Å². The Morgan fingerprint density at radius 2 is 2.53 bits per heavy atom. The second-order valence-corrected chi connectivity index (χ2v) is 5.87. The zero-order valence-electron chi connectivity index (χ0n) is 11.4. The van der Waals surface area contributed by atoms with Crippen LogP contribution in [0, 0.1) is 6.92 Å². The van der Waals surface area contributed by atoms with Crippen molar-refractivity contribution in [2.75, 3.05) is 13.1 Å². The molecule has 1 aliphatic heterocycles. The van der Waals surface area contributed by atoms with Crippen molar-refractivity contribution in [1.29, 1.82) is 0 Å². The third-order valence-electron chi connectivity index (χ3n) is 3.32. The lowest BCUT2D eigenvalue weighted by Gasteiger charge is -2.31. The summed E-state index contributed by atoms with van der Waals surface area (Å²) < 4.78 is 0. The molecule has 1 fully saturated rings. The number of piperidine rings is 1. The van der Waals surface area contributed by atoms with Gasteiger partial charge in [0.05, 0.1) is 12.1 Å². The minimum Gasteiger partial charge on any atom is -0.391 e. The van der Waals surface area contributed by atoms with Gasteiger partial charge in [0.25, 0.3) is 0 Å². The Morgan fingerprint density at radius 1 is 1.74 bits per heavy atom. The van der Waals surface area contributed by atoms with Crippen molar-refractivity contribution in [2.45, 2.75) is 45.3 Å². The number of likely N-dealkylation sites (tertiary alicyclic amines) is 1. The lowest BCUT2D eigenvalue weighted by atomic mass is 10.1. The summed E-state index contributed by atoms with van der Waals surface area (Å²) in [6.07, 6.45) is 2.07. The second-order valence-electron chi connectivity index (χ2n) is 4.98. The molecule has 1 saturated heterocycles. The van der Waals surface area contributed by atoms with Gasteiger partial charge in [0, 0.05) is 24.2 Å². The Labute approximate surface area is 117 Å². The molecule has 0 bridgehead atoms.